The number of nitrogens with zero attached hydrogens (tertiary/aromatic N) is 5. The van der Waals surface area contributed by atoms with E-state index < -0.39 is 0 Å². The summed E-state index contributed by atoms with van der Waals surface area (Å²) in [7, 11) is 1.61. The van der Waals surface area contributed by atoms with Crippen LogP contribution >= 0.6 is 11.6 Å². The van der Waals surface area contributed by atoms with Crippen LogP contribution in [-0.2, 0) is 6.54 Å². The van der Waals surface area contributed by atoms with Crippen molar-refractivity contribution in [3.8, 4) is 28.4 Å². The predicted molar refractivity (Wildman–Crippen MR) is 115 cm³/mol. The smallest absolute Gasteiger partial charge is 0.277 e. The number of hydrogen-bond acceptors (Lipinski definition) is 6. The average molecular weight is 434 g/mol. The third-order valence-corrected chi connectivity index (χ3v) is 5.12. The summed E-state index contributed by atoms with van der Waals surface area (Å²) in [5.74, 6) is 1.52. The van der Waals surface area contributed by atoms with E-state index in [2.05, 4.69) is 15.2 Å². The molecule has 0 aliphatic heterocycles. The van der Waals surface area contributed by atoms with Gasteiger partial charge in [0, 0.05) is 28.5 Å². The number of hydrogen-bond donors (Lipinski definition) is 0. The van der Waals surface area contributed by atoms with E-state index in [-0.39, 0.29) is 12.1 Å². The molecular formula is C22H16ClN5O3. The zero-order valence-electron chi connectivity index (χ0n) is 16.4. The molecule has 0 aliphatic rings. The van der Waals surface area contributed by atoms with Gasteiger partial charge in [-0.15, -0.1) is 0 Å². The van der Waals surface area contributed by atoms with Crippen LogP contribution in [-0.4, -0.2) is 31.4 Å². The fraction of sp³-hybridized carbons (Fsp3) is 0.0909. The van der Waals surface area contributed by atoms with Gasteiger partial charge in [-0.2, -0.15) is 10.1 Å². The van der Waals surface area contributed by atoms with E-state index >= 15 is 0 Å². The Labute approximate surface area is 181 Å². The van der Waals surface area contributed by atoms with E-state index in [9.17, 15) is 4.79 Å². The predicted octanol–water partition coefficient (Wildman–Crippen LogP) is 3.92. The normalized spacial score (nSPS) is 11.2. The lowest BCUT2D eigenvalue weighted by Gasteiger charge is -2.02. The summed E-state index contributed by atoms with van der Waals surface area (Å²) in [6.45, 7) is 0.153. The first-order valence-corrected chi connectivity index (χ1v) is 9.80. The van der Waals surface area contributed by atoms with Crippen molar-refractivity contribution in [3.05, 3.63) is 88.3 Å². The SMILES string of the molecule is COc1ccc(-c2noc(Cn3ccn4nc(-c5ccc(Cl)cc5)cc4c3=O)n2)cc1. The van der Waals surface area contributed by atoms with Crippen molar-refractivity contribution in [2.45, 2.75) is 6.54 Å². The maximum Gasteiger partial charge on any atom is 0.277 e. The minimum absolute atomic E-state index is 0.153. The van der Waals surface area contributed by atoms with Crippen LogP contribution in [0, 0.1) is 0 Å². The summed E-state index contributed by atoms with van der Waals surface area (Å²) in [6, 6.07) is 16.4. The summed E-state index contributed by atoms with van der Waals surface area (Å²) >= 11 is 5.95. The Balaban J connectivity index is 1.43. The molecule has 0 unspecified atom stereocenters. The van der Waals surface area contributed by atoms with E-state index in [0.29, 0.717) is 27.9 Å². The second-order valence-corrected chi connectivity index (χ2v) is 7.27. The van der Waals surface area contributed by atoms with Gasteiger partial charge in [-0.25, -0.2) is 4.52 Å². The monoisotopic (exact) mass is 433 g/mol. The quantitative estimate of drug-likeness (QED) is 0.417. The maximum absolute atomic E-state index is 13.0. The van der Waals surface area contributed by atoms with Crippen LogP contribution in [0.3, 0.4) is 0 Å². The van der Waals surface area contributed by atoms with Gasteiger partial charge in [0.1, 0.15) is 17.8 Å². The number of benzene rings is 2. The lowest BCUT2D eigenvalue weighted by Crippen LogP contribution is -2.21. The molecule has 5 rings (SSSR count). The first-order valence-electron chi connectivity index (χ1n) is 9.42. The average Bonchev–Trinajstić information content (AvgIpc) is 3.44. The van der Waals surface area contributed by atoms with Crippen molar-refractivity contribution in [3.63, 3.8) is 0 Å². The molecule has 0 N–H and O–H groups in total. The molecule has 0 bridgehead atoms. The van der Waals surface area contributed by atoms with Crippen LogP contribution in [0.25, 0.3) is 28.2 Å². The Morgan fingerprint density at radius 3 is 2.52 bits per heavy atom. The highest BCUT2D eigenvalue weighted by molar-refractivity contribution is 6.30. The van der Waals surface area contributed by atoms with Gasteiger partial charge in [0.2, 0.25) is 11.7 Å². The van der Waals surface area contributed by atoms with Crippen molar-refractivity contribution in [2.75, 3.05) is 7.11 Å². The van der Waals surface area contributed by atoms with Crippen molar-refractivity contribution >= 4 is 17.1 Å². The molecule has 0 amide bonds. The molecule has 31 heavy (non-hydrogen) atoms. The van der Waals surface area contributed by atoms with Crippen LogP contribution < -0.4 is 10.3 Å². The number of aromatic nitrogens is 5. The zero-order chi connectivity index (χ0) is 21.4. The minimum atomic E-state index is -0.209. The van der Waals surface area contributed by atoms with E-state index in [1.165, 1.54) is 4.57 Å². The number of halogens is 1. The van der Waals surface area contributed by atoms with Gasteiger partial charge in [-0.3, -0.25) is 4.79 Å². The van der Waals surface area contributed by atoms with Gasteiger partial charge < -0.3 is 13.8 Å². The Hall–Kier alpha value is -3.91. The van der Waals surface area contributed by atoms with Gasteiger partial charge in [0.25, 0.3) is 5.56 Å². The molecule has 0 atom stereocenters. The zero-order valence-corrected chi connectivity index (χ0v) is 17.2. The first-order chi connectivity index (χ1) is 15.1. The highest BCUT2D eigenvalue weighted by Crippen LogP contribution is 2.21. The van der Waals surface area contributed by atoms with Crippen LogP contribution in [0.15, 0.2) is 76.3 Å². The van der Waals surface area contributed by atoms with Gasteiger partial charge >= 0.3 is 0 Å². The molecule has 0 saturated carbocycles. The van der Waals surface area contributed by atoms with Crippen LogP contribution in [0.4, 0.5) is 0 Å². The summed E-state index contributed by atoms with van der Waals surface area (Å²) < 4.78 is 13.6. The molecule has 154 valence electrons. The summed E-state index contributed by atoms with van der Waals surface area (Å²) in [5.41, 5.74) is 2.59. The minimum Gasteiger partial charge on any atom is -0.497 e. The van der Waals surface area contributed by atoms with Crippen LogP contribution in [0.1, 0.15) is 5.89 Å². The molecular weight excluding hydrogens is 418 g/mol. The Morgan fingerprint density at radius 2 is 1.77 bits per heavy atom. The Morgan fingerprint density at radius 1 is 1.03 bits per heavy atom. The maximum atomic E-state index is 13.0. The van der Waals surface area contributed by atoms with E-state index in [1.54, 1.807) is 42.2 Å². The highest BCUT2D eigenvalue weighted by atomic mass is 35.5. The molecule has 2 aromatic carbocycles. The molecule has 3 aromatic heterocycles. The second kappa shape index (κ2) is 7.73. The summed E-state index contributed by atoms with van der Waals surface area (Å²) in [4.78, 5) is 17.4. The summed E-state index contributed by atoms with van der Waals surface area (Å²) in [5, 5.41) is 9.13. The fourth-order valence-corrected chi connectivity index (χ4v) is 3.36. The van der Waals surface area contributed by atoms with Crippen LogP contribution in [0.2, 0.25) is 5.02 Å². The Kier molecular flexibility index (Phi) is 4.76. The standard InChI is InChI=1S/C22H16ClN5O3/c1-30-17-8-4-15(5-9-17)21-24-20(31-26-21)13-27-10-11-28-19(22(27)29)12-18(25-28)14-2-6-16(23)7-3-14/h2-12H,13H2,1H3. The molecule has 0 radical (unpaired) electrons. The number of rotatable bonds is 5. The van der Waals surface area contributed by atoms with Gasteiger partial charge in [-0.1, -0.05) is 28.9 Å². The van der Waals surface area contributed by atoms with Crippen molar-refractivity contribution in [1.82, 2.24) is 24.3 Å². The second-order valence-electron chi connectivity index (χ2n) is 6.84. The summed E-state index contributed by atoms with van der Waals surface area (Å²) in [6.07, 6.45) is 3.36. The molecule has 8 nitrogen and oxygen atoms in total. The number of ether oxygens (including phenoxy) is 1. The van der Waals surface area contributed by atoms with E-state index in [4.69, 9.17) is 20.9 Å². The topological polar surface area (TPSA) is 87.5 Å². The van der Waals surface area contributed by atoms with E-state index in [0.717, 1.165) is 16.9 Å². The van der Waals surface area contributed by atoms with Crippen molar-refractivity contribution in [2.24, 2.45) is 0 Å². The van der Waals surface area contributed by atoms with Crippen molar-refractivity contribution in [1.29, 1.82) is 0 Å². The molecule has 0 fully saturated rings. The Bertz CT molecular complexity index is 1420. The fourth-order valence-electron chi connectivity index (χ4n) is 3.23. The molecule has 9 heteroatoms. The van der Waals surface area contributed by atoms with Crippen LogP contribution in [0.5, 0.6) is 5.75 Å². The highest BCUT2D eigenvalue weighted by Gasteiger charge is 2.13. The lowest BCUT2D eigenvalue weighted by atomic mass is 10.1. The van der Waals surface area contributed by atoms with Gasteiger partial charge in [-0.05, 0) is 42.5 Å². The van der Waals surface area contributed by atoms with Gasteiger partial charge in [0.15, 0.2) is 0 Å². The molecule has 3 heterocycles. The lowest BCUT2D eigenvalue weighted by molar-refractivity contribution is 0.370. The number of fused-ring (bicyclic) bond motifs is 1. The van der Waals surface area contributed by atoms with Crippen molar-refractivity contribution < 1.29 is 9.26 Å². The third-order valence-electron chi connectivity index (χ3n) is 4.87. The molecule has 0 spiro atoms. The third kappa shape index (κ3) is 3.69. The molecule has 0 aliphatic carbocycles. The number of methoxy groups -OCH3 is 1. The first kappa shape index (κ1) is 19.1. The van der Waals surface area contributed by atoms with E-state index in [1.807, 2.05) is 36.4 Å². The molecule has 5 aromatic rings. The van der Waals surface area contributed by atoms with Gasteiger partial charge in [0.05, 0.1) is 12.8 Å². The molecule has 0 saturated heterocycles. The largest absolute Gasteiger partial charge is 0.497 e.